The van der Waals surface area contributed by atoms with E-state index in [-0.39, 0.29) is 24.0 Å². The van der Waals surface area contributed by atoms with Gasteiger partial charge in [0, 0.05) is 31.9 Å². The summed E-state index contributed by atoms with van der Waals surface area (Å²) >= 11 is 0. The van der Waals surface area contributed by atoms with E-state index < -0.39 is 5.97 Å². The summed E-state index contributed by atoms with van der Waals surface area (Å²) in [5.41, 5.74) is 7.01. The van der Waals surface area contributed by atoms with E-state index in [4.69, 9.17) is 19.7 Å². The van der Waals surface area contributed by atoms with Gasteiger partial charge in [-0.3, -0.25) is 4.79 Å². The lowest BCUT2D eigenvalue weighted by Crippen LogP contribution is -2.49. The molecule has 144 valence electrons. The van der Waals surface area contributed by atoms with E-state index in [1.165, 1.54) is 0 Å². The maximum absolute atomic E-state index is 12.3. The number of nitrogen functional groups attached to an aromatic ring is 1. The Bertz CT molecular complexity index is 790. The molecule has 0 unspecified atom stereocenters. The molecule has 1 aliphatic heterocycles. The summed E-state index contributed by atoms with van der Waals surface area (Å²) in [6.45, 7) is 3.74. The standard InChI is InChI=1S/C18H22N4O5/c1-12-16(17(19)27-20-12)18(24)26-11-15(23)22-9-7-21(8-10-22)13-3-5-14(25-2)6-4-13/h3-6H,7-11,19H2,1-2H3. The van der Waals surface area contributed by atoms with Crippen molar-refractivity contribution in [3.05, 3.63) is 35.5 Å². The highest BCUT2D eigenvalue weighted by atomic mass is 16.5. The lowest BCUT2D eigenvalue weighted by atomic mass is 10.2. The molecule has 1 aromatic carbocycles. The van der Waals surface area contributed by atoms with Gasteiger partial charge in [-0.25, -0.2) is 4.79 Å². The Kier molecular flexibility index (Phi) is 5.49. The van der Waals surface area contributed by atoms with Crippen LogP contribution in [0, 0.1) is 6.92 Å². The summed E-state index contributed by atoms with van der Waals surface area (Å²) in [5, 5.41) is 3.59. The Balaban J connectivity index is 1.49. The Hall–Kier alpha value is -3.23. The molecule has 1 fully saturated rings. The molecule has 1 aliphatic rings. The lowest BCUT2D eigenvalue weighted by molar-refractivity contribution is -0.134. The summed E-state index contributed by atoms with van der Waals surface area (Å²) < 4.78 is 15.0. The highest BCUT2D eigenvalue weighted by Crippen LogP contribution is 2.21. The summed E-state index contributed by atoms with van der Waals surface area (Å²) in [7, 11) is 1.63. The molecule has 9 nitrogen and oxygen atoms in total. The third-order valence-electron chi connectivity index (χ3n) is 4.49. The molecule has 0 radical (unpaired) electrons. The van der Waals surface area contributed by atoms with Crippen molar-refractivity contribution >= 4 is 23.4 Å². The fourth-order valence-electron chi connectivity index (χ4n) is 2.93. The van der Waals surface area contributed by atoms with Crippen LogP contribution in [0.25, 0.3) is 0 Å². The second-order valence-electron chi connectivity index (χ2n) is 6.15. The number of carbonyl (C=O) groups excluding carboxylic acids is 2. The number of anilines is 2. The smallest absolute Gasteiger partial charge is 0.346 e. The second-order valence-corrected chi connectivity index (χ2v) is 6.15. The van der Waals surface area contributed by atoms with Crippen molar-refractivity contribution in [3.63, 3.8) is 0 Å². The van der Waals surface area contributed by atoms with Crippen LogP contribution in [0.1, 0.15) is 16.1 Å². The number of methoxy groups -OCH3 is 1. The van der Waals surface area contributed by atoms with E-state index >= 15 is 0 Å². The van der Waals surface area contributed by atoms with Gasteiger partial charge in [-0.05, 0) is 31.2 Å². The minimum atomic E-state index is -0.712. The van der Waals surface area contributed by atoms with Gasteiger partial charge in [-0.15, -0.1) is 0 Å². The molecule has 3 rings (SSSR count). The van der Waals surface area contributed by atoms with Gasteiger partial charge in [0.25, 0.3) is 5.91 Å². The number of hydrogen-bond donors (Lipinski definition) is 1. The monoisotopic (exact) mass is 374 g/mol. The normalized spacial score (nSPS) is 14.1. The number of benzene rings is 1. The van der Waals surface area contributed by atoms with Crippen LogP contribution in [0.4, 0.5) is 11.6 Å². The molecular weight excluding hydrogens is 352 g/mol. The van der Waals surface area contributed by atoms with Gasteiger partial charge in [0.2, 0.25) is 5.88 Å². The van der Waals surface area contributed by atoms with E-state index in [1.807, 2.05) is 24.3 Å². The number of nitrogens with two attached hydrogens (primary N) is 1. The lowest BCUT2D eigenvalue weighted by Gasteiger charge is -2.36. The van der Waals surface area contributed by atoms with Gasteiger partial charge < -0.3 is 29.5 Å². The molecule has 0 spiro atoms. The molecule has 1 aromatic heterocycles. The molecule has 0 bridgehead atoms. The molecule has 1 saturated heterocycles. The molecule has 2 heterocycles. The van der Waals surface area contributed by atoms with Crippen molar-refractivity contribution in [1.29, 1.82) is 0 Å². The number of ether oxygens (including phenoxy) is 2. The number of aryl methyl sites for hydroxylation is 1. The molecule has 0 atom stereocenters. The van der Waals surface area contributed by atoms with Gasteiger partial charge in [0.05, 0.1) is 12.8 Å². The van der Waals surface area contributed by atoms with E-state index in [2.05, 4.69) is 10.1 Å². The molecular formula is C18H22N4O5. The van der Waals surface area contributed by atoms with Crippen molar-refractivity contribution in [2.45, 2.75) is 6.92 Å². The Labute approximate surface area is 156 Å². The van der Waals surface area contributed by atoms with Crippen molar-refractivity contribution < 1.29 is 23.6 Å². The molecule has 27 heavy (non-hydrogen) atoms. The third kappa shape index (κ3) is 4.13. The van der Waals surface area contributed by atoms with E-state index in [1.54, 1.807) is 18.9 Å². The summed E-state index contributed by atoms with van der Waals surface area (Å²) in [4.78, 5) is 28.2. The molecule has 2 N–H and O–H groups in total. The number of nitrogens with zero attached hydrogens (tertiary/aromatic N) is 3. The van der Waals surface area contributed by atoms with Gasteiger partial charge in [-0.1, -0.05) is 5.16 Å². The van der Waals surface area contributed by atoms with Crippen LogP contribution in [0.2, 0.25) is 0 Å². The zero-order valence-electron chi connectivity index (χ0n) is 15.3. The fourth-order valence-corrected chi connectivity index (χ4v) is 2.93. The maximum atomic E-state index is 12.3. The molecule has 0 saturated carbocycles. The van der Waals surface area contributed by atoms with Gasteiger partial charge in [-0.2, -0.15) is 0 Å². The van der Waals surface area contributed by atoms with E-state index in [0.29, 0.717) is 31.9 Å². The van der Waals surface area contributed by atoms with Crippen molar-refractivity contribution in [2.75, 3.05) is 50.5 Å². The minimum Gasteiger partial charge on any atom is -0.497 e. The fraction of sp³-hybridized carbons (Fsp3) is 0.389. The summed E-state index contributed by atoms with van der Waals surface area (Å²) in [6, 6.07) is 7.79. The first-order valence-corrected chi connectivity index (χ1v) is 8.55. The summed E-state index contributed by atoms with van der Waals surface area (Å²) in [6.07, 6.45) is 0. The Morgan fingerprint density at radius 2 is 1.85 bits per heavy atom. The average Bonchev–Trinajstić information content (AvgIpc) is 3.04. The third-order valence-corrected chi connectivity index (χ3v) is 4.49. The number of carbonyl (C=O) groups is 2. The number of hydrogen-bond acceptors (Lipinski definition) is 8. The SMILES string of the molecule is COc1ccc(N2CCN(C(=O)COC(=O)c3c(C)noc3N)CC2)cc1. The first kappa shape index (κ1) is 18.6. The van der Waals surface area contributed by atoms with Gasteiger partial charge >= 0.3 is 5.97 Å². The van der Waals surface area contributed by atoms with Crippen LogP contribution in [0.3, 0.4) is 0 Å². The van der Waals surface area contributed by atoms with E-state index in [9.17, 15) is 9.59 Å². The zero-order valence-corrected chi connectivity index (χ0v) is 15.3. The maximum Gasteiger partial charge on any atom is 0.346 e. The number of amides is 1. The topological polar surface area (TPSA) is 111 Å². The van der Waals surface area contributed by atoms with Crippen molar-refractivity contribution in [2.24, 2.45) is 0 Å². The zero-order chi connectivity index (χ0) is 19.4. The van der Waals surface area contributed by atoms with Crippen LogP contribution < -0.4 is 15.4 Å². The van der Waals surface area contributed by atoms with Crippen LogP contribution >= 0.6 is 0 Å². The second kappa shape index (κ2) is 7.98. The molecule has 0 aliphatic carbocycles. The average molecular weight is 374 g/mol. The minimum absolute atomic E-state index is 0.0622. The predicted molar refractivity (Wildman–Crippen MR) is 97.7 cm³/mol. The largest absolute Gasteiger partial charge is 0.497 e. The van der Waals surface area contributed by atoms with Crippen LogP contribution in [0.5, 0.6) is 5.75 Å². The quantitative estimate of drug-likeness (QED) is 0.774. The van der Waals surface area contributed by atoms with Crippen LogP contribution in [0.15, 0.2) is 28.8 Å². The first-order chi connectivity index (χ1) is 13.0. The van der Waals surface area contributed by atoms with Gasteiger partial charge in [0.15, 0.2) is 6.61 Å². The first-order valence-electron chi connectivity index (χ1n) is 8.55. The number of esters is 1. The van der Waals surface area contributed by atoms with Crippen LogP contribution in [-0.4, -0.2) is 61.8 Å². The predicted octanol–water partition coefficient (Wildman–Crippen LogP) is 1.08. The van der Waals surface area contributed by atoms with Crippen LogP contribution in [-0.2, 0) is 9.53 Å². The number of piperazine rings is 1. The van der Waals surface area contributed by atoms with Gasteiger partial charge in [0.1, 0.15) is 11.3 Å². The summed E-state index contributed by atoms with van der Waals surface area (Å²) in [5.74, 6) is -0.266. The van der Waals surface area contributed by atoms with Crippen molar-refractivity contribution in [3.8, 4) is 5.75 Å². The van der Waals surface area contributed by atoms with E-state index in [0.717, 1.165) is 11.4 Å². The Morgan fingerprint density at radius 3 is 2.41 bits per heavy atom. The highest BCUT2D eigenvalue weighted by Gasteiger charge is 2.24. The number of rotatable bonds is 5. The molecule has 2 aromatic rings. The highest BCUT2D eigenvalue weighted by molar-refractivity contribution is 5.96. The Morgan fingerprint density at radius 1 is 1.19 bits per heavy atom. The number of aromatic nitrogens is 1. The molecule has 9 heteroatoms. The molecule has 1 amide bonds. The van der Waals surface area contributed by atoms with Crippen molar-refractivity contribution in [1.82, 2.24) is 10.1 Å².